The van der Waals surface area contributed by atoms with E-state index >= 15 is 0 Å². The van der Waals surface area contributed by atoms with Gasteiger partial charge in [-0.25, -0.2) is 4.79 Å². The molecule has 0 saturated carbocycles. The molecule has 0 aliphatic carbocycles. The molecule has 8 nitrogen and oxygen atoms in total. The fourth-order valence-electron chi connectivity index (χ4n) is 3.80. The smallest absolute Gasteiger partial charge is 0.321 e. The van der Waals surface area contributed by atoms with Crippen LogP contribution < -0.4 is 15.0 Å². The zero-order chi connectivity index (χ0) is 24.1. The summed E-state index contributed by atoms with van der Waals surface area (Å²) in [6.07, 6.45) is -0.345. The first-order chi connectivity index (χ1) is 15.7. The number of anilines is 2. The lowest BCUT2D eigenvalue weighted by atomic mass is 9.99. The van der Waals surface area contributed by atoms with E-state index in [2.05, 4.69) is 5.32 Å². The molecule has 3 atom stereocenters. The molecular weight excluding hydrogens is 420 g/mol. The molecule has 0 saturated heterocycles. The van der Waals surface area contributed by atoms with Crippen LogP contribution in [0.25, 0.3) is 0 Å². The van der Waals surface area contributed by atoms with Crippen LogP contribution in [0.15, 0.2) is 48.5 Å². The monoisotopic (exact) mass is 454 g/mol. The largest absolute Gasteiger partial charge is 0.487 e. The van der Waals surface area contributed by atoms with Gasteiger partial charge >= 0.3 is 6.03 Å². The molecule has 1 heterocycles. The van der Waals surface area contributed by atoms with Crippen molar-refractivity contribution < 1.29 is 19.4 Å². The molecule has 1 aliphatic heterocycles. The van der Waals surface area contributed by atoms with E-state index in [0.717, 1.165) is 11.4 Å². The van der Waals surface area contributed by atoms with Crippen molar-refractivity contribution in [2.45, 2.75) is 26.0 Å². The summed E-state index contributed by atoms with van der Waals surface area (Å²) in [5.74, 6) is 0.237. The van der Waals surface area contributed by atoms with Gasteiger partial charge in [0.25, 0.3) is 5.91 Å². The summed E-state index contributed by atoms with van der Waals surface area (Å²) in [4.78, 5) is 31.3. The Morgan fingerprint density at radius 2 is 1.91 bits per heavy atom. The van der Waals surface area contributed by atoms with Crippen molar-refractivity contribution in [1.29, 1.82) is 0 Å². The van der Waals surface area contributed by atoms with Crippen molar-refractivity contribution >= 4 is 23.3 Å². The number of carbonyl (C=O) groups is 2. The number of benzene rings is 2. The van der Waals surface area contributed by atoms with Gasteiger partial charge in [-0.05, 0) is 37.3 Å². The maximum absolute atomic E-state index is 13.4. The van der Waals surface area contributed by atoms with Crippen molar-refractivity contribution in [3.8, 4) is 5.75 Å². The maximum Gasteiger partial charge on any atom is 0.321 e. The Morgan fingerprint density at radius 3 is 2.55 bits per heavy atom. The number of likely N-dealkylation sites (N-methyl/N-ethyl adjacent to an activating group) is 1. The Morgan fingerprint density at radius 1 is 1.21 bits per heavy atom. The van der Waals surface area contributed by atoms with E-state index in [9.17, 15) is 14.7 Å². The van der Waals surface area contributed by atoms with Crippen LogP contribution >= 0.6 is 0 Å². The highest BCUT2D eigenvalue weighted by atomic mass is 16.5. The van der Waals surface area contributed by atoms with Gasteiger partial charge < -0.3 is 29.9 Å². The number of urea groups is 1. The van der Waals surface area contributed by atoms with Gasteiger partial charge in [-0.2, -0.15) is 0 Å². The number of hydrogen-bond acceptors (Lipinski definition) is 5. The molecule has 8 heteroatoms. The predicted molar refractivity (Wildman–Crippen MR) is 130 cm³/mol. The third kappa shape index (κ3) is 5.76. The fourth-order valence-corrected chi connectivity index (χ4v) is 3.80. The molecule has 33 heavy (non-hydrogen) atoms. The number of rotatable bonds is 6. The molecule has 2 aromatic rings. The highest BCUT2D eigenvalue weighted by Gasteiger charge is 2.34. The molecule has 0 fully saturated rings. The van der Waals surface area contributed by atoms with Crippen molar-refractivity contribution in [3.63, 3.8) is 0 Å². The van der Waals surface area contributed by atoms with Crippen molar-refractivity contribution in [1.82, 2.24) is 9.80 Å². The SMILES string of the molecule is C[C@H](CO)N1C[C@H](C)[C@H](CN(C)C(=O)Nc2ccccc2)Oc2ccc(N(C)C)cc2C1=O. The summed E-state index contributed by atoms with van der Waals surface area (Å²) in [6, 6.07) is 14.2. The summed E-state index contributed by atoms with van der Waals surface area (Å²) in [6.45, 7) is 4.44. The molecule has 3 rings (SSSR count). The van der Waals surface area contributed by atoms with Crippen LogP contribution in [0.2, 0.25) is 0 Å². The van der Waals surface area contributed by atoms with Crippen molar-refractivity contribution in [2.75, 3.05) is 51.1 Å². The maximum atomic E-state index is 13.4. The normalized spacial score (nSPS) is 19.0. The van der Waals surface area contributed by atoms with Crippen LogP contribution in [-0.4, -0.2) is 79.8 Å². The lowest BCUT2D eigenvalue weighted by Gasteiger charge is -2.38. The summed E-state index contributed by atoms with van der Waals surface area (Å²) in [5, 5.41) is 12.7. The van der Waals surface area contributed by atoms with E-state index in [-0.39, 0.29) is 36.6 Å². The van der Waals surface area contributed by atoms with E-state index in [1.165, 1.54) is 0 Å². The topological polar surface area (TPSA) is 85.3 Å². The lowest BCUT2D eigenvalue weighted by Crippen LogP contribution is -2.50. The van der Waals surface area contributed by atoms with E-state index in [0.29, 0.717) is 24.4 Å². The Kier molecular flexibility index (Phi) is 7.81. The van der Waals surface area contributed by atoms with Gasteiger partial charge in [0.1, 0.15) is 11.9 Å². The molecule has 0 unspecified atom stereocenters. The summed E-state index contributed by atoms with van der Waals surface area (Å²) in [7, 11) is 5.55. The van der Waals surface area contributed by atoms with Gasteiger partial charge in [-0.15, -0.1) is 0 Å². The zero-order valence-electron chi connectivity index (χ0n) is 20.0. The molecule has 0 radical (unpaired) electrons. The first-order valence-corrected chi connectivity index (χ1v) is 11.2. The van der Waals surface area contributed by atoms with Crippen LogP contribution in [0.1, 0.15) is 24.2 Å². The van der Waals surface area contributed by atoms with E-state index in [1.54, 1.807) is 22.9 Å². The van der Waals surface area contributed by atoms with Gasteiger partial charge in [0, 0.05) is 45.0 Å². The third-order valence-electron chi connectivity index (χ3n) is 5.99. The number of fused-ring (bicyclic) bond motifs is 1. The fraction of sp³-hybridized carbons (Fsp3) is 0.440. The van der Waals surface area contributed by atoms with E-state index in [4.69, 9.17) is 4.74 Å². The second kappa shape index (κ2) is 10.6. The summed E-state index contributed by atoms with van der Waals surface area (Å²) in [5.41, 5.74) is 2.05. The molecule has 2 N–H and O–H groups in total. The van der Waals surface area contributed by atoms with Crippen LogP contribution in [-0.2, 0) is 0 Å². The Hall–Kier alpha value is -3.26. The highest BCUT2D eigenvalue weighted by molar-refractivity contribution is 5.98. The number of ether oxygens (including phenoxy) is 1. The number of carbonyl (C=O) groups excluding carboxylic acids is 2. The van der Waals surface area contributed by atoms with Gasteiger partial charge in [0.05, 0.1) is 24.8 Å². The number of nitrogens with zero attached hydrogens (tertiary/aromatic N) is 3. The third-order valence-corrected chi connectivity index (χ3v) is 5.99. The average Bonchev–Trinajstić information content (AvgIpc) is 2.80. The number of aliphatic hydroxyl groups is 1. The minimum absolute atomic E-state index is 0.0726. The molecule has 3 amide bonds. The zero-order valence-corrected chi connectivity index (χ0v) is 20.0. The van der Waals surface area contributed by atoms with Gasteiger partial charge in [0.15, 0.2) is 0 Å². The Bertz CT molecular complexity index is 966. The average molecular weight is 455 g/mol. The summed E-state index contributed by atoms with van der Waals surface area (Å²) >= 11 is 0. The molecule has 0 aromatic heterocycles. The van der Waals surface area contributed by atoms with Crippen LogP contribution in [0.5, 0.6) is 5.75 Å². The van der Waals surface area contributed by atoms with E-state index < -0.39 is 0 Å². The first kappa shape index (κ1) is 24.4. The van der Waals surface area contributed by atoms with Gasteiger partial charge in [-0.1, -0.05) is 25.1 Å². The predicted octanol–water partition coefficient (Wildman–Crippen LogP) is 3.14. The minimum atomic E-state index is -0.345. The number of para-hydroxylation sites is 1. The quantitative estimate of drug-likeness (QED) is 0.701. The minimum Gasteiger partial charge on any atom is -0.487 e. The molecule has 2 aromatic carbocycles. The number of amides is 3. The lowest BCUT2D eigenvalue weighted by molar-refractivity contribution is 0.0371. The number of aliphatic hydroxyl groups excluding tert-OH is 1. The van der Waals surface area contributed by atoms with Crippen LogP contribution in [0.4, 0.5) is 16.2 Å². The highest BCUT2D eigenvalue weighted by Crippen LogP contribution is 2.31. The van der Waals surface area contributed by atoms with Gasteiger partial charge in [-0.3, -0.25) is 4.79 Å². The first-order valence-electron chi connectivity index (χ1n) is 11.2. The molecular formula is C25H34N4O4. The van der Waals surface area contributed by atoms with Crippen LogP contribution in [0, 0.1) is 5.92 Å². The molecule has 178 valence electrons. The molecule has 1 aliphatic rings. The Balaban J connectivity index is 1.87. The second-order valence-corrected chi connectivity index (χ2v) is 8.87. The molecule has 0 bridgehead atoms. The van der Waals surface area contributed by atoms with Crippen molar-refractivity contribution in [3.05, 3.63) is 54.1 Å². The number of nitrogens with one attached hydrogen (secondary N) is 1. The second-order valence-electron chi connectivity index (χ2n) is 8.87. The van der Waals surface area contributed by atoms with Crippen LogP contribution in [0.3, 0.4) is 0 Å². The van der Waals surface area contributed by atoms with Gasteiger partial charge in [0.2, 0.25) is 0 Å². The Labute approximate surface area is 195 Å². The number of hydrogen-bond donors (Lipinski definition) is 2. The standard InChI is InChI=1S/C25H34N4O4/c1-17-14-29(18(2)16-30)24(31)21-13-20(27(3)4)11-12-22(21)33-23(17)15-28(5)25(32)26-19-9-7-6-8-10-19/h6-13,17-18,23,30H,14-16H2,1-5H3,(H,26,32)/t17-,18+,23-/m0/s1. The molecule has 0 spiro atoms. The summed E-state index contributed by atoms with van der Waals surface area (Å²) < 4.78 is 6.34. The van der Waals surface area contributed by atoms with E-state index in [1.807, 2.05) is 75.3 Å². The van der Waals surface area contributed by atoms with Crippen molar-refractivity contribution in [2.24, 2.45) is 5.92 Å².